The average molecular weight is 275 g/mol. The molecule has 0 aliphatic heterocycles. The fraction of sp³-hybridized carbons (Fsp3) is 0.167. The molecule has 0 atom stereocenters. The minimum Gasteiger partial charge on any atom is -0.497 e. The van der Waals surface area contributed by atoms with E-state index in [4.69, 9.17) is 9.47 Å². The maximum absolute atomic E-state index is 11.0. The van der Waals surface area contributed by atoms with Gasteiger partial charge in [-0.3, -0.25) is 9.78 Å². The molecular formula is C12H13N5O3. The first-order valence-corrected chi connectivity index (χ1v) is 5.66. The Labute approximate surface area is 114 Å². The maximum atomic E-state index is 11.0. The molecule has 8 heteroatoms. The van der Waals surface area contributed by atoms with Crippen LogP contribution in [0.4, 0.5) is 5.95 Å². The Morgan fingerprint density at radius 3 is 2.90 bits per heavy atom. The van der Waals surface area contributed by atoms with Crippen LogP contribution in [-0.2, 0) is 0 Å². The molecule has 0 bridgehead atoms. The minimum absolute atomic E-state index is 0.154. The molecule has 1 heterocycles. The number of anilines is 1. The molecule has 2 rings (SSSR count). The second-order valence-electron chi connectivity index (χ2n) is 3.66. The van der Waals surface area contributed by atoms with Crippen LogP contribution in [-0.4, -0.2) is 35.6 Å². The van der Waals surface area contributed by atoms with E-state index in [0.29, 0.717) is 11.5 Å². The summed E-state index contributed by atoms with van der Waals surface area (Å²) >= 11 is 0. The highest BCUT2D eigenvalue weighted by Crippen LogP contribution is 2.22. The number of rotatable bonds is 5. The molecule has 1 aromatic heterocycles. The lowest BCUT2D eigenvalue weighted by molar-refractivity contribution is 0.394. The number of hydrogen-bond donors (Lipinski definition) is 2. The number of nitrogens with zero attached hydrogens (tertiary/aromatic N) is 3. The summed E-state index contributed by atoms with van der Waals surface area (Å²) in [5.74, 6) is 1.45. The molecule has 0 saturated heterocycles. The Morgan fingerprint density at radius 1 is 1.35 bits per heavy atom. The quantitative estimate of drug-likeness (QED) is 0.613. The van der Waals surface area contributed by atoms with Crippen molar-refractivity contribution in [2.24, 2.45) is 5.10 Å². The predicted octanol–water partition coefficient (Wildman–Crippen LogP) is 0.628. The van der Waals surface area contributed by atoms with Crippen molar-refractivity contribution >= 4 is 12.2 Å². The standard InChI is InChI=1S/C12H13N5O3/c1-19-9-4-3-8(10(5-9)20-2)6-13-16-12-15-11(18)7-14-17-12/h3-7H,1-2H3,(H2,15,16,17,18). The van der Waals surface area contributed by atoms with Gasteiger partial charge in [-0.1, -0.05) is 0 Å². The number of ether oxygens (including phenoxy) is 2. The van der Waals surface area contributed by atoms with E-state index in [9.17, 15) is 4.79 Å². The van der Waals surface area contributed by atoms with Crippen LogP contribution in [0, 0.1) is 0 Å². The van der Waals surface area contributed by atoms with Gasteiger partial charge in [-0.25, -0.2) is 5.43 Å². The molecule has 0 amide bonds. The molecule has 2 aromatic rings. The van der Waals surface area contributed by atoms with Crippen molar-refractivity contribution in [3.8, 4) is 11.5 Å². The van der Waals surface area contributed by atoms with Crippen LogP contribution in [0.3, 0.4) is 0 Å². The van der Waals surface area contributed by atoms with Crippen molar-refractivity contribution in [2.45, 2.75) is 0 Å². The monoisotopic (exact) mass is 275 g/mol. The Kier molecular flexibility index (Phi) is 4.28. The van der Waals surface area contributed by atoms with Gasteiger partial charge in [0, 0.05) is 11.6 Å². The molecule has 20 heavy (non-hydrogen) atoms. The Balaban J connectivity index is 2.13. The van der Waals surface area contributed by atoms with Crippen LogP contribution in [0.1, 0.15) is 5.56 Å². The van der Waals surface area contributed by atoms with Crippen LogP contribution in [0.2, 0.25) is 0 Å². The highest BCUT2D eigenvalue weighted by molar-refractivity contribution is 5.84. The SMILES string of the molecule is COc1ccc(C=NNc2nncc(=O)[nH]2)c(OC)c1. The first-order chi connectivity index (χ1) is 9.72. The van der Waals surface area contributed by atoms with Gasteiger partial charge in [0.05, 0.1) is 20.4 Å². The Hall–Kier alpha value is -2.90. The van der Waals surface area contributed by atoms with Crippen LogP contribution >= 0.6 is 0 Å². The van der Waals surface area contributed by atoms with Crippen LogP contribution in [0.15, 0.2) is 34.3 Å². The smallest absolute Gasteiger partial charge is 0.271 e. The van der Waals surface area contributed by atoms with Gasteiger partial charge in [0.1, 0.15) is 17.7 Å². The van der Waals surface area contributed by atoms with Crippen LogP contribution in [0.5, 0.6) is 11.5 Å². The molecule has 8 nitrogen and oxygen atoms in total. The molecule has 0 fully saturated rings. The number of hydrogen-bond acceptors (Lipinski definition) is 7. The number of nitrogens with one attached hydrogen (secondary N) is 2. The van der Waals surface area contributed by atoms with Gasteiger partial charge in [0.15, 0.2) is 0 Å². The van der Waals surface area contributed by atoms with Crippen molar-refractivity contribution in [3.63, 3.8) is 0 Å². The van der Waals surface area contributed by atoms with Crippen LogP contribution in [0.25, 0.3) is 0 Å². The summed E-state index contributed by atoms with van der Waals surface area (Å²) in [7, 11) is 3.13. The first-order valence-electron chi connectivity index (χ1n) is 5.66. The van der Waals surface area contributed by atoms with Gasteiger partial charge in [-0.2, -0.15) is 5.10 Å². The van der Waals surface area contributed by atoms with Crippen molar-refractivity contribution in [3.05, 3.63) is 40.3 Å². The molecule has 2 N–H and O–H groups in total. The number of H-pyrrole nitrogens is 1. The van der Waals surface area contributed by atoms with E-state index in [1.54, 1.807) is 32.4 Å². The van der Waals surface area contributed by atoms with E-state index < -0.39 is 0 Å². The third-order valence-electron chi connectivity index (χ3n) is 2.39. The zero-order chi connectivity index (χ0) is 14.4. The molecule has 0 aliphatic carbocycles. The summed E-state index contributed by atoms with van der Waals surface area (Å²) < 4.78 is 10.3. The van der Waals surface area contributed by atoms with E-state index in [1.165, 1.54) is 6.21 Å². The summed E-state index contributed by atoms with van der Waals surface area (Å²) in [5, 5.41) is 11.1. The van der Waals surface area contributed by atoms with E-state index >= 15 is 0 Å². The fourth-order valence-corrected chi connectivity index (χ4v) is 1.45. The predicted molar refractivity (Wildman–Crippen MR) is 73.4 cm³/mol. The molecular weight excluding hydrogens is 262 g/mol. The third kappa shape index (κ3) is 3.31. The number of aromatic amines is 1. The van der Waals surface area contributed by atoms with Gasteiger partial charge in [0.25, 0.3) is 5.56 Å². The third-order valence-corrected chi connectivity index (χ3v) is 2.39. The maximum Gasteiger partial charge on any atom is 0.271 e. The van der Waals surface area contributed by atoms with Gasteiger partial charge >= 0.3 is 0 Å². The van der Waals surface area contributed by atoms with E-state index in [2.05, 4.69) is 25.7 Å². The van der Waals surface area contributed by atoms with Crippen molar-refractivity contribution in [1.82, 2.24) is 15.2 Å². The number of hydrazone groups is 1. The number of aromatic nitrogens is 3. The second kappa shape index (κ2) is 6.32. The lowest BCUT2D eigenvalue weighted by atomic mass is 10.2. The zero-order valence-corrected chi connectivity index (χ0v) is 11.0. The summed E-state index contributed by atoms with van der Waals surface area (Å²) in [4.78, 5) is 13.4. The average Bonchev–Trinajstić information content (AvgIpc) is 2.47. The molecule has 0 saturated carbocycles. The molecule has 104 valence electrons. The van der Waals surface area contributed by atoms with Gasteiger partial charge in [-0.15, -0.1) is 10.2 Å². The summed E-state index contributed by atoms with van der Waals surface area (Å²) in [6.07, 6.45) is 2.60. The summed E-state index contributed by atoms with van der Waals surface area (Å²) in [6.45, 7) is 0. The minimum atomic E-state index is -0.361. The topological polar surface area (TPSA) is 101 Å². The Bertz CT molecular complexity index is 668. The molecule has 0 unspecified atom stereocenters. The summed E-state index contributed by atoms with van der Waals surface area (Å²) in [5.41, 5.74) is 2.95. The zero-order valence-electron chi connectivity index (χ0n) is 11.0. The van der Waals surface area contributed by atoms with Crippen molar-refractivity contribution in [2.75, 3.05) is 19.6 Å². The fourth-order valence-electron chi connectivity index (χ4n) is 1.45. The number of methoxy groups -OCH3 is 2. The first kappa shape index (κ1) is 13.5. The lowest BCUT2D eigenvalue weighted by Gasteiger charge is -2.06. The largest absolute Gasteiger partial charge is 0.497 e. The summed E-state index contributed by atoms with van der Waals surface area (Å²) in [6, 6.07) is 5.32. The molecule has 0 radical (unpaired) electrons. The second-order valence-corrected chi connectivity index (χ2v) is 3.66. The van der Waals surface area contributed by atoms with E-state index in [0.717, 1.165) is 11.8 Å². The van der Waals surface area contributed by atoms with Gasteiger partial charge in [-0.05, 0) is 12.1 Å². The normalized spacial score (nSPS) is 10.5. The van der Waals surface area contributed by atoms with Crippen LogP contribution < -0.4 is 20.5 Å². The van der Waals surface area contributed by atoms with E-state index in [1.807, 2.05) is 0 Å². The van der Waals surface area contributed by atoms with Gasteiger partial charge in [0.2, 0.25) is 5.95 Å². The Morgan fingerprint density at radius 2 is 2.20 bits per heavy atom. The van der Waals surface area contributed by atoms with Crippen molar-refractivity contribution < 1.29 is 9.47 Å². The lowest BCUT2D eigenvalue weighted by Crippen LogP contribution is -2.10. The molecule has 1 aromatic carbocycles. The highest BCUT2D eigenvalue weighted by atomic mass is 16.5. The molecule has 0 spiro atoms. The van der Waals surface area contributed by atoms with E-state index in [-0.39, 0.29) is 11.5 Å². The van der Waals surface area contributed by atoms with Crippen molar-refractivity contribution in [1.29, 1.82) is 0 Å². The highest BCUT2D eigenvalue weighted by Gasteiger charge is 2.02. The number of benzene rings is 1. The van der Waals surface area contributed by atoms with Gasteiger partial charge < -0.3 is 9.47 Å². The molecule has 0 aliphatic rings.